The zero-order chi connectivity index (χ0) is 16.1. The number of amides is 1. The van der Waals surface area contributed by atoms with Gasteiger partial charge in [0.05, 0.1) is 0 Å². The highest BCUT2D eigenvalue weighted by Gasteiger charge is 2.22. The summed E-state index contributed by atoms with van der Waals surface area (Å²) in [5.74, 6) is -2.98. The average molecular weight is 305 g/mol. The van der Waals surface area contributed by atoms with Gasteiger partial charge in [-0.1, -0.05) is 18.2 Å². The number of carboxylic acid groups (broad SMARTS) is 1. The fraction of sp³-hybridized carbons (Fsp3) is 0.125. The normalized spacial score (nSPS) is 11.7. The van der Waals surface area contributed by atoms with Crippen molar-refractivity contribution >= 4 is 11.9 Å². The Morgan fingerprint density at radius 2 is 1.68 bits per heavy atom. The summed E-state index contributed by atoms with van der Waals surface area (Å²) in [7, 11) is 0. The largest absolute Gasteiger partial charge is 0.480 e. The van der Waals surface area contributed by atoms with E-state index in [9.17, 15) is 18.4 Å². The van der Waals surface area contributed by atoms with E-state index >= 15 is 0 Å². The lowest BCUT2D eigenvalue weighted by atomic mass is 10.0. The first-order valence-corrected chi connectivity index (χ1v) is 6.50. The van der Waals surface area contributed by atoms with Crippen LogP contribution in [0.5, 0.6) is 0 Å². The van der Waals surface area contributed by atoms with E-state index in [0.29, 0.717) is 0 Å². The molecule has 0 radical (unpaired) electrons. The average Bonchev–Trinajstić information content (AvgIpc) is 2.49. The molecule has 114 valence electrons. The van der Waals surface area contributed by atoms with Crippen LogP contribution in [0.3, 0.4) is 0 Å². The summed E-state index contributed by atoms with van der Waals surface area (Å²) in [6, 6.07) is 9.15. The predicted molar refractivity (Wildman–Crippen MR) is 75.4 cm³/mol. The molecule has 2 N–H and O–H groups in total. The number of aliphatic carboxylic acids is 1. The molecule has 2 aromatic carbocycles. The van der Waals surface area contributed by atoms with Crippen molar-refractivity contribution in [1.29, 1.82) is 0 Å². The van der Waals surface area contributed by atoms with E-state index in [1.54, 1.807) is 6.07 Å². The molecule has 4 nitrogen and oxygen atoms in total. The molecular weight excluding hydrogens is 292 g/mol. The minimum atomic E-state index is -1.28. The van der Waals surface area contributed by atoms with Crippen LogP contribution in [-0.2, 0) is 11.2 Å². The van der Waals surface area contributed by atoms with Gasteiger partial charge >= 0.3 is 5.97 Å². The molecular formula is C16H13F2NO3. The van der Waals surface area contributed by atoms with Gasteiger partial charge in [0.1, 0.15) is 17.7 Å². The molecule has 0 bridgehead atoms. The van der Waals surface area contributed by atoms with E-state index in [1.807, 2.05) is 0 Å². The molecule has 2 aromatic rings. The number of carbonyl (C=O) groups is 2. The van der Waals surface area contributed by atoms with Crippen LogP contribution < -0.4 is 5.32 Å². The fourth-order valence-corrected chi connectivity index (χ4v) is 1.93. The predicted octanol–water partition coefficient (Wildman–Crippen LogP) is 2.39. The Hall–Kier alpha value is -2.76. The fourth-order valence-electron chi connectivity index (χ4n) is 1.93. The quantitative estimate of drug-likeness (QED) is 0.891. The minimum Gasteiger partial charge on any atom is -0.480 e. The smallest absolute Gasteiger partial charge is 0.326 e. The number of nitrogens with one attached hydrogen (secondary N) is 1. The van der Waals surface area contributed by atoms with Crippen LogP contribution >= 0.6 is 0 Å². The van der Waals surface area contributed by atoms with E-state index in [-0.39, 0.29) is 17.5 Å². The molecule has 1 amide bonds. The summed E-state index contributed by atoms with van der Waals surface area (Å²) in [5, 5.41) is 11.5. The Balaban J connectivity index is 2.12. The summed E-state index contributed by atoms with van der Waals surface area (Å²) in [6.45, 7) is 0. The molecule has 1 unspecified atom stereocenters. The van der Waals surface area contributed by atoms with Crippen LogP contribution in [0.15, 0.2) is 48.5 Å². The van der Waals surface area contributed by atoms with Gasteiger partial charge in [0.25, 0.3) is 5.91 Å². The third kappa shape index (κ3) is 3.88. The first-order chi connectivity index (χ1) is 10.5. The lowest BCUT2D eigenvalue weighted by Crippen LogP contribution is -2.42. The van der Waals surface area contributed by atoms with Crippen molar-refractivity contribution in [2.75, 3.05) is 0 Å². The molecule has 22 heavy (non-hydrogen) atoms. The van der Waals surface area contributed by atoms with Gasteiger partial charge < -0.3 is 10.4 Å². The summed E-state index contributed by atoms with van der Waals surface area (Å²) in [5.41, 5.74) is 0.315. The van der Waals surface area contributed by atoms with Crippen molar-refractivity contribution in [2.45, 2.75) is 12.5 Å². The Kier molecular flexibility index (Phi) is 4.83. The van der Waals surface area contributed by atoms with Gasteiger partial charge in [-0.15, -0.1) is 0 Å². The Morgan fingerprint density at radius 1 is 1.05 bits per heavy atom. The van der Waals surface area contributed by atoms with Gasteiger partial charge in [0.2, 0.25) is 0 Å². The molecule has 0 spiro atoms. The standard InChI is InChI=1S/C16H13F2NO3/c17-12-7-5-10(6-8-12)15(20)19-14(16(21)22)9-11-3-1-2-4-13(11)18/h1-8,14H,9H2,(H,19,20)(H,21,22). The van der Waals surface area contributed by atoms with Crippen molar-refractivity contribution < 1.29 is 23.5 Å². The van der Waals surface area contributed by atoms with E-state index in [1.165, 1.54) is 30.3 Å². The highest BCUT2D eigenvalue weighted by Crippen LogP contribution is 2.10. The van der Waals surface area contributed by atoms with Crippen LogP contribution in [0.1, 0.15) is 15.9 Å². The molecule has 2 rings (SSSR count). The van der Waals surface area contributed by atoms with Gasteiger partial charge in [-0.05, 0) is 35.9 Å². The van der Waals surface area contributed by atoms with Crippen molar-refractivity contribution in [2.24, 2.45) is 0 Å². The summed E-state index contributed by atoms with van der Waals surface area (Å²) >= 11 is 0. The third-order valence-electron chi connectivity index (χ3n) is 3.09. The van der Waals surface area contributed by atoms with E-state index in [0.717, 1.165) is 12.1 Å². The summed E-state index contributed by atoms with van der Waals surface area (Å²) in [6.07, 6.45) is -0.186. The van der Waals surface area contributed by atoms with Crippen LogP contribution in [0.2, 0.25) is 0 Å². The molecule has 0 heterocycles. The Morgan fingerprint density at radius 3 is 2.27 bits per heavy atom. The van der Waals surface area contributed by atoms with Gasteiger partial charge in [-0.2, -0.15) is 0 Å². The SMILES string of the molecule is O=C(NC(Cc1ccccc1F)C(=O)O)c1ccc(F)cc1. The second kappa shape index (κ2) is 6.80. The second-order valence-electron chi connectivity index (χ2n) is 4.67. The Labute approximate surface area is 125 Å². The maximum Gasteiger partial charge on any atom is 0.326 e. The first-order valence-electron chi connectivity index (χ1n) is 6.50. The van der Waals surface area contributed by atoms with Crippen LogP contribution in [0.25, 0.3) is 0 Å². The van der Waals surface area contributed by atoms with E-state index in [4.69, 9.17) is 5.11 Å². The molecule has 0 aromatic heterocycles. The van der Waals surface area contributed by atoms with Crippen LogP contribution in [0, 0.1) is 11.6 Å². The van der Waals surface area contributed by atoms with Crippen molar-refractivity contribution in [3.63, 3.8) is 0 Å². The van der Waals surface area contributed by atoms with Crippen molar-refractivity contribution in [3.8, 4) is 0 Å². The van der Waals surface area contributed by atoms with Gasteiger partial charge in [0.15, 0.2) is 0 Å². The number of carbonyl (C=O) groups excluding carboxylic acids is 1. The third-order valence-corrected chi connectivity index (χ3v) is 3.09. The number of benzene rings is 2. The first kappa shape index (κ1) is 15.6. The van der Waals surface area contributed by atoms with E-state index in [2.05, 4.69) is 5.32 Å². The monoisotopic (exact) mass is 305 g/mol. The molecule has 6 heteroatoms. The highest BCUT2D eigenvalue weighted by atomic mass is 19.1. The number of halogens is 2. The summed E-state index contributed by atoms with van der Waals surface area (Å²) < 4.78 is 26.4. The van der Waals surface area contributed by atoms with Crippen LogP contribution in [-0.4, -0.2) is 23.0 Å². The molecule has 0 aliphatic carbocycles. The lowest BCUT2D eigenvalue weighted by molar-refractivity contribution is -0.139. The zero-order valence-corrected chi connectivity index (χ0v) is 11.4. The van der Waals surface area contributed by atoms with Crippen LogP contribution in [0.4, 0.5) is 8.78 Å². The maximum absolute atomic E-state index is 13.6. The van der Waals surface area contributed by atoms with E-state index < -0.39 is 29.6 Å². The number of hydrogen-bond donors (Lipinski definition) is 2. The van der Waals surface area contributed by atoms with Crippen molar-refractivity contribution in [1.82, 2.24) is 5.32 Å². The minimum absolute atomic E-state index is 0.126. The molecule has 0 aliphatic rings. The number of hydrogen-bond acceptors (Lipinski definition) is 2. The number of rotatable bonds is 5. The highest BCUT2D eigenvalue weighted by molar-refractivity contribution is 5.96. The number of carboxylic acids is 1. The van der Waals surface area contributed by atoms with Gasteiger partial charge in [-0.25, -0.2) is 13.6 Å². The lowest BCUT2D eigenvalue weighted by Gasteiger charge is -2.15. The topological polar surface area (TPSA) is 66.4 Å². The Bertz CT molecular complexity index is 686. The van der Waals surface area contributed by atoms with Gasteiger partial charge in [-0.3, -0.25) is 4.79 Å². The van der Waals surface area contributed by atoms with Gasteiger partial charge in [0, 0.05) is 12.0 Å². The molecule has 0 saturated carbocycles. The zero-order valence-electron chi connectivity index (χ0n) is 11.4. The molecule has 0 aliphatic heterocycles. The summed E-state index contributed by atoms with van der Waals surface area (Å²) in [4.78, 5) is 23.2. The molecule has 1 atom stereocenters. The molecule has 0 fully saturated rings. The second-order valence-corrected chi connectivity index (χ2v) is 4.67. The van der Waals surface area contributed by atoms with Crippen molar-refractivity contribution in [3.05, 3.63) is 71.3 Å². The maximum atomic E-state index is 13.6. The molecule has 0 saturated heterocycles.